The molecule has 1 N–H and O–H groups in total. The van der Waals surface area contributed by atoms with E-state index in [9.17, 15) is 9.90 Å². The van der Waals surface area contributed by atoms with Gasteiger partial charge in [0.2, 0.25) is 0 Å². The monoisotopic (exact) mass is 352 g/mol. The molecule has 7 heteroatoms. The van der Waals surface area contributed by atoms with E-state index in [0.717, 1.165) is 10.6 Å². The number of carboxylic acid groups (broad SMARTS) is 1. The zero-order valence-corrected chi connectivity index (χ0v) is 13.7. The predicted octanol–water partition coefficient (Wildman–Crippen LogP) is 4.91. The van der Waals surface area contributed by atoms with Gasteiger partial charge >= 0.3 is 5.97 Å². The van der Waals surface area contributed by atoms with Gasteiger partial charge in [-0.05, 0) is 36.6 Å². The molecule has 2 aromatic heterocycles. The predicted molar refractivity (Wildman–Crippen MR) is 88.6 cm³/mol. The van der Waals surface area contributed by atoms with Crippen molar-refractivity contribution >= 4 is 40.5 Å². The summed E-state index contributed by atoms with van der Waals surface area (Å²) in [6, 6.07) is 8.84. The zero-order chi connectivity index (χ0) is 15.9. The Bertz CT molecular complexity index is 857. The van der Waals surface area contributed by atoms with Crippen LogP contribution in [0.3, 0.4) is 0 Å². The average Bonchev–Trinajstić information content (AvgIpc) is 3.06. The van der Waals surface area contributed by atoms with Crippen molar-refractivity contribution in [3.8, 4) is 16.3 Å². The van der Waals surface area contributed by atoms with E-state index < -0.39 is 5.97 Å². The van der Waals surface area contributed by atoms with Gasteiger partial charge in [-0.2, -0.15) is 5.10 Å². The summed E-state index contributed by atoms with van der Waals surface area (Å²) < 4.78 is 1.56. The lowest BCUT2D eigenvalue weighted by Crippen LogP contribution is -2.02. The highest BCUT2D eigenvalue weighted by Gasteiger charge is 2.23. The van der Waals surface area contributed by atoms with Gasteiger partial charge < -0.3 is 5.11 Å². The van der Waals surface area contributed by atoms with Crippen molar-refractivity contribution in [2.24, 2.45) is 0 Å². The Morgan fingerprint density at radius 3 is 2.68 bits per heavy atom. The van der Waals surface area contributed by atoms with Crippen molar-refractivity contribution in [3.63, 3.8) is 0 Å². The summed E-state index contributed by atoms with van der Waals surface area (Å²) in [5, 5.41) is 16.4. The molecule has 0 bridgehead atoms. The minimum absolute atomic E-state index is 0.00872. The lowest BCUT2D eigenvalue weighted by atomic mass is 10.1. The molecule has 3 aromatic rings. The molecule has 0 aliphatic carbocycles. The highest BCUT2D eigenvalue weighted by atomic mass is 35.5. The van der Waals surface area contributed by atoms with E-state index in [1.165, 1.54) is 11.3 Å². The fourth-order valence-electron chi connectivity index (χ4n) is 2.23. The van der Waals surface area contributed by atoms with E-state index in [1.54, 1.807) is 29.8 Å². The highest BCUT2D eigenvalue weighted by molar-refractivity contribution is 7.13. The van der Waals surface area contributed by atoms with Crippen molar-refractivity contribution in [2.75, 3.05) is 0 Å². The quantitative estimate of drug-likeness (QED) is 0.728. The molecule has 3 rings (SSSR count). The normalized spacial score (nSPS) is 10.9. The summed E-state index contributed by atoms with van der Waals surface area (Å²) in [6.45, 7) is 1.74. The van der Waals surface area contributed by atoms with Crippen LogP contribution in [-0.2, 0) is 0 Å². The molecule has 2 heterocycles. The Morgan fingerprint density at radius 2 is 2.09 bits per heavy atom. The molecular formula is C15H10Cl2N2O2S. The van der Waals surface area contributed by atoms with Crippen molar-refractivity contribution in [1.82, 2.24) is 9.78 Å². The molecule has 1 aromatic carbocycles. The summed E-state index contributed by atoms with van der Waals surface area (Å²) in [6.07, 6.45) is 0. The van der Waals surface area contributed by atoms with E-state index in [-0.39, 0.29) is 5.69 Å². The van der Waals surface area contributed by atoms with E-state index >= 15 is 0 Å². The number of benzene rings is 1. The maximum atomic E-state index is 11.4. The Hall–Kier alpha value is -1.82. The summed E-state index contributed by atoms with van der Waals surface area (Å²) in [5.41, 5.74) is 1.91. The van der Waals surface area contributed by atoms with Gasteiger partial charge in [0, 0.05) is 10.6 Å². The molecule has 0 amide bonds. The second-order valence-electron chi connectivity index (χ2n) is 4.61. The van der Waals surface area contributed by atoms with Gasteiger partial charge in [-0.25, -0.2) is 9.48 Å². The second-order valence-corrected chi connectivity index (χ2v) is 6.40. The van der Waals surface area contributed by atoms with Crippen LogP contribution < -0.4 is 0 Å². The van der Waals surface area contributed by atoms with Crippen LogP contribution >= 0.6 is 34.5 Å². The standard InChI is InChI=1S/C15H10Cl2N2O2S/c1-8-13(15(20)21)18-19(14(8)12-3-2-6-22-12)11-5-4-9(16)7-10(11)17/h2-7H,1H3,(H,20,21). The number of nitrogens with zero attached hydrogens (tertiary/aromatic N) is 2. The van der Waals surface area contributed by atoms with Crippen LogP contribution in [0.5, 0.6) is 0 Å². The molecule has 0 spiro atoms. The van der Waals surface area contributed by atoms with Crippen molar-refractivity contribution in [2.45, 2.75) is 6.92 Å². The number of halogens is 2. The third-order valence-corrected chi connectivity index (χ3v) is 4.63. The van der Waals surface area contributed by atoms with E-state index in [1.807, 2.05) is 17.5 Å². The first-order chi connectivity index (χ1) is 10.5. The third-order valence-electron chi connectivity index (χ3n) is 3.22. The Balaban J connectivity index is 2.31. The van der Waals surface area contributed by atoms with Crippen molar-refractivity contribution in [3.05, 3.63) is 57.0 Å². The van der Waals surface area contributed by atoms with Gasteiger partial charge in [-0.1, -0.05) is 29.3 Å². The smallest absolute Gasteiger partial charge is 0.356 e. The fourth-order valence-corrected chi connectivity index (χ4v) is 3.53. The van der Waals surface area contributed by atoms with Gasteiger partial charge in [-0.3, -0.25) is 0 Å². The van der Waals surface area contributed by atoms with Gasteiger partial charge in [0.15, 0.2) is 5.69 Å². The lowest BCUT2D eigenvalue weighted by Gasteiger charge is -2.09. The number of aromatic carboxylic acids is 1. The van der Waals surface area contributed by atoms with Gasteiger partial charge in [-0.15, -0.1) is 11.3 Å². The highest BCUT2D eigenvalue weighted by Crippen LogP contribution is 2.34. The maximum Gasteiger partial charge on any atom is 0.356 e. The lowest BCUT2D eigenvalue weighted by molar-refractivity contribution is 0.0689. The second kappa shape index (κ2) is 5.76. The van der Waals surface area contributed by atoms with Gasteiger partial charge in [0.25, 0.3) is 0 Å². The van der Waals surface area contributed by atoms with Crippen LogP contribution in [0.2, 0.25) is 10.0 Å². The Morgan fingerprint density at radius 1 is 1.32 bits per heavy atom. The molecule has 112 valence electrons. The first-order valence-electron chi connectivity index (χ1n) is 6.31. The SMILES string of the molecule is Cc1c(C(=O)O)nn(-c2ccc(Cl)cc2Cl)c1-c1cccs1. The number of hydrogen-bond acceptors (Lipinski definition) is 3. The summed E-state index contributed by atoms with van der Waals surface area (Å²) >= 11 is 13.7. The molecule has 0 saturated heterocycles. The summed E-state index contributed by atoms with van der Waals surface area (Å²) in [7, 11) is 0. The molecular weight excluding hydrogens is 343 g/mol. The number of carboxylic acids is 1. The molecule has 4 nitrogen and oxygen atoms in total. The first kappa shape index (κ1) is 15.1. The average molecular weight is 353 g/mol. The molecule has 0 radical (unpaired) electrons. The largest absolute Gasteiger partial charge is 0.476 e. The maximum absolute atomic E-state index is 11.4. The van der Waals surface area contributed by atoms with Crippen LogP contribution in [0.1, 0.15) is 16.1 Å². The van der Waals surface area contributed by atoms with Crippen LogP contribution in [0, 0.1) is 6.92 Å². The number of aromatic nitrogens is 2. The molecule has 22 heavy (non-hydrogen) atoms. The first-order valence-corrected chi connectivity index (χ1v) is 7.95. The van der Waals surface area contributed by atoms with Crippen molar-refractivity contribution in [1.29, 1.82) is 0 Å². The van der Waals surface area contributed by atoms with E-state index in [2.05, 4.69) is 5.10 Å². The number of thiophene rings is 1. The number of carbonyl (C=O) groups is 1. The van der Waals surface area contributed by atoms with Crippen LogP contribution in [0.15, 0.2) is 35.7 Å². The van der Waals surface area contributed by atoms with Crippen LogP contribution in [0.25, 0.3) is 16.3 Å². The Kier molecular flexibility index (Phi) is 3.95. The summed E-state index contributed by atoms with van der Waals surface area (Å²) in [4.78, 5) is 12.3. The molecule has 0 aliphatic heterocycles. The van der Waals surface area contributed by atoms with Gasteiger partial charge in [0.05, 0.1) is 21.3 Å². The topological polar surface area (TPSA) is 55.1 Å². The Labute approximate surface area is 140 Å². The minimum atomic E-state index is -1.07. The van der Waals surface area contributed by atoms with E-state index in [0.29, 0.717) is 21.3 Å². The zero-order valence-electron chi connectivity index (χ0n) is 11.4. The molecule has 0 unspecified atom stereocenters. The minimum Gasteiger partial charge on any atom is -0.476 e. The van der Waals surface area contributed by atoms with E-state index in [4.69, 9.17) is 23.2 Å². The number of rotatable bonds is 3. The molecule has 0 saturated carbocycles. The van der Waals surface area contributed by atoms with Gasteiger partial charge in [0.1, 0.15) is 0 Å². The van der Waals surface area contributed by atoms with Crippen molar-refractivity contribution < 1.29 is 9.90 Å². The molecule has 0 aliphatic rings. The van der Waals surface area contributed by atoms with Crippen LogP contribution in [-0.4, -0.2) is 20.9 Å². The fraction of sp³-hybridized carbons (Fsp3) is 0.0667. The summed E-state index contributed by atoms with van der Waals surface area (Å²) in [5.74, 6) is -1.07. The molecule has 0 fully saturated rings. The third kappa shape index (κ3) is 2.52. The number of hydrogen-bond donors (Lipinski definition) is 1. The molecule has 0 atom stereocenters. The van der Waals surface area contributed by atoms with Crippen LogP contribution in [0.4, 0.5) is 0 Å².